The van der Waals surface area contributed by atoms with Crippen molar-refractivity contribution in [2.75, 3.05) is 56.5 Å². The Morgan fingerprint density at radius 2 is 0.862 bits per heavy atom. The number of benzene rings is 3. The number of halogens is 7. The number of hydrogen-bond acceptors (Lipinski definition) is 22. The molecule has 0 unspecified atom stereocenters. The number of pyridine rings is 3. The third-order valence-electron chi connectivity index (χ3n) is 17.7. The highest BCUT2D eigenvalue weighted by atomic mass is 79.9. The number of nitrogens with zero attached hydrogens (tertiary/aromatic N) is 18. The summed E-state index contributed by atoms with van der Waals surface area (Å²) in [6.07, 6.45) is 14.9. The molecular formula is C73H85BBrF6N21O7. The third-order valence-corrected chi connectivity index (χ3v) is 18.1. The van der Waals surface area contributed by atoms with Crippen LogP contribution in [0.4, 0.5) is 53.4 Å². The molecule has 9 aromatic rings. The van der Waals surface area contributed by atoms with E-state index in [1.807, 2.05) is 53.7 Å². The van der Waals surface area contributed by atoms with Gasteiger partial charge in [-0.2, -0.15) is 14.0 Å². The van der Waals surface area contributed by atoms with E-state index in [9.17, 15) is 40.7 Å². The summed E-state index contributed by atoms with van der Waals surface area (Å²) in [6, 6.07) is 16.4. The van der Waals surface area contributed by atoms with Crippen LogP contribution in [-0.4, -0.2) is 177 Å². The molecule has 36 heteroatoms. The molecule has 3 amide bonds. The second-order valence-electron chi connectivity index (χ2n) is 28.3. The van der Waals surface area contributed by atoms with Crippen LogP contribution in [0.3, 0.4) is 0 Å². The lowest BCUT2D eigenvalue weighted by Crippen LogP contribution is -2.41. The molecule has 3 aromatic carbocycles. The minimum Gasteiger partial charge on any atom is -0.444 e. The van der Waals surface area contributed by atoms with Gasteiger partial charge < -0.3 is 50.7 Å². The maximum absolute atomic E-state index is 14.4. The number of ether oxygens (including phenoxy) is 2. The fourth-order valence-corrected chi connectivity index (χ4v) is 11.8. The topological polar surface area (TPSA) is 345 Å². The van der Waals surface area contributed by atoms with Crippen molar-refractivity contribution in [3.05, 3.63) is 166 Å². The Labute approximate surface area is 634 Å². The number of allylic oxidation sites excluding steroid dienone is 3. The average molecular weight is 1570 g/mol. The lowest BCUT2D eigenvalue weighted by Gasteiger charge is -2.32. The zero-order valence-corrected chi connectivity index (χ0v) is 62.8. The molecule has 1 fully saturated rings. The molecule has 0 atom stereocenters. The normalized spacial score (nSPS) is 15.7. The highest BCUT2D eigenvalue weighted by Gasteiger charge is 2.52. The Morgan fingerprint density at radius 1 is 0.514 bits per heavy atom. The molecular weight excluding hydrogens is 1490 g/mol. The fourth-order valence-electron chi connectivity index (χ4n) is 11.5. The van der Waals surface area contributed by atoms with E-state index in [2.05, 4.69) is 111 Å². The van der Waals surface area contributed by atoms with Crippen molar-refractivity contribution in [3.8, 4) is 51.2 Å². The van der Waals surface area contributed by atoms with Crippen molar-refractivity contribution in [2.24, 2.45) is 0 Å². The molecule has 28 nitrogen and oxygen atoms in total. The molecule has 0 spiro atoms. The van der Waals surface area contributed by atoms with E-state index >= 15 is 0 Å². The summed E-state index contributed by atoms with van der Waals surface area (Å²) in [6.45, 7) is 24.3. The van der Waals surface area contributed by atoms with Gasteiger partial charge in [0.1, 0.15) is 45.7 Å². The second kappa shape index (κ2) is 34.5. The molecule has 0 bridgehead atoms. The zero-order chi connectivity index (χ0) is 78.2. The summed E-state index contributed by atoms with van der Waals surface area (Å²) in [5.41, 5.74) is 21.7. The predicted octanol–water partition coefficient (Wildman–Crippen LogP) is 13.2. The van der Waals surface area contributed by atoms with Gasteiger partial charge in [0.2, 0.25) is 5.91 Å². The number of carbonyl (C=O) groups excluding carboxylic acids is 3. The molecule has 109 heavy (non-hydrogen) atoms. The molecule has 0 radical (unpaired) electrons. The number of amides is 3. The van der Waals surface area contributed by atoms with Crippen LogP contribution in [0.15, 0.2) is 120 Å². The Hall–Kier alpha value is -11.0. The molecule has 0 aliphatic carbocycles. The summed E-state index contributed by atoms with van der Waals surface area (Å²) in [4.78, 5) is 54.0. The summed E-state index contributed by atoms with van der Waals surface area (Å²) < 4.78 is 110. The Bertz CT molecular complexity index is 4850. The summed E-state index contributed by atoms with van der Waals surface area (Å²) in [5.74, 6) is -5.28. The van der Waals surface area contributed by atoms with E-state index in [-0.39, 0.29) is 95.8 Å². The van der Waals surface area contributed by atoms with Crippen LogP contribution in [0.1, 0.15) is 133 Å². The highest BCUT2D eigenvalue weighted by molar-refractivity contribution is 9.10. The van der Waals surface area contributed by atoms with Crippen molar-refractivity contribution < 1.29 is 59.5 Å². The lowest BCUT2D eigenvalue weighted by atomic mass is 9.75. The number of hydrogen-bond donors (Lipinski definition) is 3. The van der Waals surface area contributed by atoms with Crippen LogP contribution in [0, 0.1) is 34.9 Å². The first-order valence-electron chi connectivity index (χ1n) is 34.3. The van der Waals surface area contributed by atoms with Crippen molar-refractivity contribution in [1.29, 1.82) is 0 Å². The summed E-state index contributed by atoms with van der Waals surface area (Å²) >= 11 is 3.26. The average Bonchev–Trinajstić information content (AvgIpc) is 1.66. The van der Waals surface area contributed by atoms with Crippen LogP contribution in [0.25, 0.3) is 62.4 Å². The van der Waals surface area contributed by atoms with E-state index in [1.165, 1.54) is 42.6 Å². The van der Waals surface area contributed by atoms with Gasteiger partial charge in [0.05, 0.1) is 27.9 Å². The Balaban J connectivity index is 0.000000170. The molecule has 6 N–H and O–H groups in total. The van der Waals surface area contributed by atoms with E-state index in [4.69, 9.17) is 36.0 Å². The third kappa shape index (κ3) is 19.8. The van der Waals surface area contributed by atoms with Gasteiger partial charge in [0, 0.05) is 69.3 Å². The summed E-state index contributed by atoms with van der Waals surface area (Å²) in [7, 11) is -0.321. The number of rotatable bonds is 9. The van der Waals surface area contributed by atoms with Crippen molar-refractivity contribution in [3.63, 3.8) is 0 Å². The number of tetrazole rings is 3. The van der Waals surface area contributed by atoms with Gasteiger partial charge >= 0.3 is 19.3 Å². The van der Waals surface area contributed by atoms with Crippen LogP contribution >= 0.6 is 15.9 Å². The monoisotopic (exact) mass is 1570 g/mol. The number of nitrogen functional groups attached to an aromatic ring is 3. The Morgan fingerprint density at radius 3 is 1.25 bits per heavy atom. The molecule has 4 aliphatic heterocycles. The molecule has 10 heterocycles. The highest BCUT2D eigenvalue weighted by Crippen LogP contribution is 2.40. The van der Waals surface area contributed by atoms with E-state index in [0.717, 1.165) is 92.1 Å². The van der Waals surface area contributed by atoms with Gasteiger partial charge in [-0.1, -0.05) is 43.9 Å². The maximum Gasteiger partial charge on any atom is 0.490 e. The first-order valence-corrected chi connectivity index (χ1v) is 35.1. The van der Waals surface area contributed by atoms with E-state index in [1.54, 1.807) is 52.2 Å². The SMILES string of the molecule is C.CC(=O)N1CC=C(c2cnc(N)c(-c3nnnn3-c3cccc(F)c3F)c2)CCC1.CC(C)(C)OC(=O)N1CC=C(B2OC(C)(C)C(C)(C)O2)CCC1.CC(C)(C)OC(=O)N1CC=C(c2cnc(N)c(-c3nnnn3-c3cccc(F)c3F)c2)CCC1.Nc1ncc(Br)cc1-c1nnnn1-c1cccc(F)c1F. The van der Waals surface area contributed by atoms with Gasteiger partial charge in [-0.05, 0) is 237 Å². The fraction of sp³-hybridized carbons (Fsp3) is 0.384. The second-order valence-corrected chi connectivity index (χ2v) is 29.2. The Kier molecular flexibility index (Phi) is 26.0. The van der Waals surface area contributed by atoms with Crippen molar-refractivity contribution in [1.82, 2.24) is 90.3 Å². The van der Waals surface area contributed by atoms with E-state index < -0.39 is 46.1 Å². The number of anilines is 3. The quantitative estimate of drug-likeness (QED) is 0.0892. The molecule has 0 saturated carbocycles. The van der Waals surface area contributed by atoms with Gasteiger partial charge in [-0.15, -0.1) is 15.3 Å². The summed E-state index contributed by atoms with van der Waals surface area (Å²) in [5, 5.41) is 33.8. The molecule has 576 valence electrons. The maximum atomic E-state index is 14.4. The first-order chi connectivity index (χ1) is 51.1. The number of nitrogens with two attached hydrogens (primary N) is 3. The first kappa shape index (κ1) is 82.1. The minimum absolute atomic E-state index is 0. The minimum atomic E-state index is -1.08. The van der Waals surface area contributed by atoms with Crippen molar-refractivity contribution >= 4 is 69.7 Å². The molecule has 1 saturated heterocycles. The number of carbonyl (C=O) groups is 3. The molecule has 6 aromatic heterocycles. The van der Waals surface area contributed by atoms with Gasteiger partial charge in [0.25, 0.3) is 0 Å². The standard InChI is InChI=1S/C23H25F2N7O2.C20H19F2N7O.C17H30BNO4.C12H7BrF2N6.CH4/c1-23(2,3)34-22(33)31-10-5-6-14(9-11-31)15-12-16(20(26)27-13-15)21-28-29-30-32(21)18-8-4-7-17(24)19(18)25;1-12(30)28-8-3-4-13(7-9-28)14-10-15(19(23)24-11-14)20-25-26-27-29(20)17-6-2-5-16(21)18(17)22;1-15(2,3)21-14(20)19-11-8-9-13(10-12-19)18-22-16(4,5)17(6,7)23-18;13-6-4-7(11(16)17-5-6)12-18-19-20-21(12)9-3-1-2-8(14)10(9)15;/h4,7-9,12-13H,5-6,10-11H2,1-3H3,(H2,26,27);2,5-7,10-11H,3-4,8-9H2,1H3,(H2,23,24);10H,8-9,11-12H2,1-7H3;1-5H,(H2,16,17);1H4. The van der Waals surface area contributed by atoms with Gasteiger partial charge in [-0.3, -0.25) is 4.79 Å². The smallest absolute Gasteiger partial charge is 0.444 e. The lowest BCUT2D eigenvalue weighted by molar-refractivity contribution is -0.128. The van der Waals surface area contributed by atoms with Crippen LogP contribution in [0.5, 0.6) is 0 Å². The molecule has 13 rings (SSSR count). The largest absolute Gasteiger partial charge is 0.490 e. The van der Waals surface area contributed by atoms with Crippen LogP contribution in [-0.2, 0) is 23.6 Å². The van der Waals surface area contributed by atoms with Crippen molar-refractivity contribution in [2.45, 2.75) is 145 Å². The number of aromatic nitrogens is 15. The van der Waals surface area contributed by atoms with Gasteiger partial charge in [0.15, 0.2) is 52.4 Å². The zero-order valence-electron chi connectivity index (χ0n) is 61.2. The van der Waals surface area contributed by atoms with Crippen LogP contribution < -0.4 is 17.2 Å². The predicted molar refractivity (Wildman–Crippen MR) is 400 cm³/mol. The molecule has 4 aliphatic rings. The van der Waals surface area contributed by atoms with E-state index in [0.29, 0.717) is 66.9 Å². The van der Waals surface area contributed by atoms with Gasteiger partial charge in [-0.25, -0.2) is 50.9 Å². The van der Waals surface area contributed by atoms with Crippen LogP contribution in [0.2, 0.25) is 0 Å².